The molecular formula is C18H24N2O4S. The standard InChI is InChI=1S/C18H24N2O4S/c1-12(2)20(11-16-9-7-14(4)24-16)18(21)15-8-6-13(3)17(10-15)19-25(5,22)23/h6-10,12,19H,11H2,1-5H3. The molecule has 0 atom stereocenters. The van der Waals surface area contributed by atoms with Crippen molar-refractivity contribution in [3.8, 4) is 0 Å². The van der Waals surface area contributed by atoms with Crippen LogP contribution < -0.4 is 4.72 Å². The average molecular weight is 364 g/mol. The lowest BCUT2D eigenvalue weighted by atomic mass is 10.1. The molecule has 0 fully saturated rings. The van der Waals surface area contributed by atoms with Crippen LogP contribution in [-0.2, 0) is 16.6 Å². The van der Waals surface area contributed by atoms with E-state index in [9.17, 15) is 13.2 Å². The van der Waals surface area contributed by atoms with Crippen LogP contribution in [0.5, 0.6) is 0 Å². The summed E-state index contributed by atoms with van der Waals surface area (Å²) in [6, 6.07) is 8.68. The Kier molecular flexibility index (Phi) is 5.57. The number of hydrogen-bond donors (Lipinski definition) is 1. The first-order valence-electron chi connectivity index (χ1n) is 8.01. The number of sulfonamides is 1. The van der Waals surface area contributed by atoms with Gasteiger partial charge in [-0.3, -0.25) is 9.52 Å². The Morgan fingerprint density at radius 2 is 1.88 bits per heavy atom. The first-order chi connectivity index (χ1) is 11.6. The number of carbonyl (C=O) groups excluding carboxylic acids is 1. The molecule has 136 valence electrons. The molecule has 7 heteroatoms. The fraction of sp³-hybridized carbons (Fsp3) is 0.389. The summed E-state index contributed by atoms with van der Waals surface area (Å²) in [5, 5.41) is 0. The molecule has 0 bridgehead atoms. The van der Waals surface area contributed by atoms with E-state index < -0.39 is 10.0 Å². The van der Waals surface area contributed by atoms with Crippen LogP contribution in [0.25, 0.3) is 0 Å². The summed E-state index contributed by atoms with van der Waals surface area (Å²) in [7, 11) is -3.41. The highest BCUT2D eigenvalue weighted by Gasteiger charge is 2.21. The average Bonchev–Trinajstić information content (AvgIpc) is 2.90. The fourth-order valence-electron chi connectivity index (χ4n) is 2.46. The van der Waals surface area contributed by atoms with Gasteiger partial charge in [-0.1, -0.05) is 6.07 Å². The Labute approximate surface area is 148 Å². The molecule has 0 spiro atoms. The molecule has 1 aromatic carbocycles. The van der Waals surface area contributed by atoms with Crippen molar-refractivity contribution in [2.75, 3.05) is 11.0 Å². The summed E-state index contributed by atoms with van der Waals surface area (Å²) in [6.07, 6.45) is 1.08. The van der Waals surface area contributed by atoms with Gasteiger partial charge in [-0.2, -0.15) is 0 Å². The highest BCUT2D eigenvalue weighted by molar-refractivity contribution is 7.92. The summed E-state index contributed by atoms with van der Waals surface area (Å²) in [6.45, 7) is 7.85. The Hall–Kier alpha value is -2.28. The summed E-state index contributed by atoms with van der Waals surface area (Å²) < 4.78 is 31.0. The molecule has 1 aromatic heterocycles. The third-order valence-electron chi connectivity index (χ3n) is 3.79. The van der Waals surface area contributed by atoms with Crippen molar-refractivity contribution in [2.24, 2.45) is 0 Å². The minimum absolute atomic E-state index is 0.0365. The van der Waals surface area contributed by atoms with Gasteiger partial charge in [0, 0.05) is 11.6 Å². The third-order valence-corrected chi connectivity index (χ3v) is 4.38. The second kappa shape index (κ2) is 7.31. The molecule has 0 aliphatic carbocycles. The maximum absolute atomic E-state index is 12.9. The first-order valence-corrected chi connectivity index (χ1v) is 9.90. The van der Waals surface area contributed by atoms with Crippen molar-refractivity contribution < 1.29 is 17.6 Å². The van der Waals surface area contributed by atoms with Gasteiger partial charge in [-0.25, -0.2) is 8.42 Å². The quantitative estimate of drug-likeness (QED) is 0.853. The molecule has 0 aliphatic heterocycles. The molecule has 1 heterocycles. The van der Waals surface area contributed by atoms with E-state index in [1.807, 2.05) is 32.9 Å². The van der Waals surface area contributed by atoms with Gasteiger partial charge in [0.25, 0.3) is 5.91 Å². The van der Waals surface area contributed by atoms with Gasteiger partial charge >= 0.3 is 0 Å². The van der Waals surface area contributed by atoms with Crippen LogP contribution in [0.3, 0.4) is 0 Å². The van der Waals surface area contributed by atoms with Crippen molar-refractivity contribution in [2.45, 2.75) is 40.3 Å². The minimum atomic E-state index is -3.41. The maximum Gasteiger partial charge on any atom is 0.254 e. The molecule has 2 rings (SSSR count). The Morgan fingerprint density at radius 3 is 2.40 bits per heavy atom. The molecular weight excluding hydrogens is 340 g/mol. The molecule has 0 aliphatic rings. The van der Waals surface area contributed by atoms with Crippen LogP contribution in [0.4, 0.5) is 5.69 Å². The summed E-state index contributed by atoms with van der Waals surface area (Å²) in [5.41, 5.74) is 1.58. The second-order valence-electron chi connectivity index (χ2n) is 6.44. The van der Waals surface area contributed by atoms with Crippen molar-refractivity contribution in [3.63, 3.8) is 0 Å². The van der Waals surface area contributed by atoms with Gasteiger partial charge in [-0.05, 0) is 57.5 Å². The van der Waals surface area contributed by atoms with E-state index in [2.05, 4.69) is 4.72 Å². The van der Waals surface area contributed by atoms with E-state index in [1.54, 1.807) is 30.0 Å². The SMILES string of the molecule is Cc1ccc(CN(C(=O)c2ccc(C)c(NS(C)(=O)=O)c2)C(C)C)o1. The summed E-state index contributed by atoms with van der Waals surface area (Å²) in [5.74, 6) is 1.32. The van der Waals surface area contributed by atoms with E-state index >= 15 is 0 Å². The third kappa shape index (κ3) is 5.09. The number of benzene rings is 1. The topological polar surface area (TPSA) is 79.6 Å². The normalized spacial score (nSPS) is 11.6. The molecule has 0 saturated carbocycles. The zero-order valence-corrected chi connectivity index (χ0v) is 16.0. The Bertz CT molecular complexity index is 869. The second-order valence-corrected chi connectivity index (χ2v) is 8.19. The number of furan rings is 1. The predicted molar refractivity (Wildman–Crippen MR) is 98.1 cm³/mol. The maximum atomic E-state index is 12.9. The Morgan fingerprint density at radius 1 is 1.20 bits per heavy atom. The number of nitrogens with zero attached hydrogens (tertiary/aromatic N) is 1. The minimum Gasteiger partial charge on any atom is -0.464 e. The largest absolute Gasteiger partial charge is 0.464 e. The molecule has 0 unspecified atom stereocenters. The van der Waals surface area contributed by atoms with E-state index in [0.29, 0.717) is 23.6 Å². The van der Waals surface area contributed by atoms with E-state index in [-0.39, 0.29) is 11.9 Å². The van der Waals surface area contributed by atoms with Crippen molar-refractivity contribution in [3.05, 3.63) is 53.0 Å². The van der Waals surface area contributed by atoms with Gasteiger partial charge in [-0.15, -0.1) is 0 Å². The number of anilines is 1. The number of amides is 1. The smallest absolute Gasteiger partial charge is 0.254 e. The molecule has 0 saturated heterocycles. The van der Waals surface area contributed by atoms with Gasteiger partial charge in [0.15, 0.2) is 0 Å². The summed E-state index contributed by atoms with van der Waals surface area (Å²) in [4.78, 5) is 14.6. The van der Waals surface area contributed by atoms with Gasteiger partial charge in [0.05, 0.1) is 18.5 Å². The first kappa shape index (κ1) is 19.1. The van der Waals surface area contributed by atoms with Crippen molar-refractivity contribution in [1.29, 1.82) is 0 Å². The van der Waals surface area contributed by atoms with Gasteiger partial charge in [0.1, 0.15) is 11.5 Å². The lowest BCUT2D eigenvalue weighted by molar-refractivity contribution is 0.0675. The number of aryl methyl sites for hydroxylation is 2. The van der Waals surface area contributed by atoms with Crippen LogP contribution in [0.15, 0.2) is 34.7 Å². The number of carbonyl (C=O) groups is 1. The highest BCUT2D eigenvalue weighted by Crippen LogP contribution is 2.21. The van der Waals surface area contributed by atoms with E-state index in [1.165, 1.54) is 0 Å². The lowest BCUT2D eigenvalue weighted by Crippen LogP contribution is -2.36. The van der Waals surface area contributed by atoms with Crippen molar-refractivity contribution in [1.82, 2.24) is 4.90 Å². The summed E-state index contributed by atoms with van der Waals surface area (Å²) >= 11 is 0. The zero-order chi connectivity index (χ0) is 18.8. The molecule has 25 heavy (non-hydrogen) atoms. The molecule has 6 nitrogen and oxygen atoms in total. The van der Waals surface area contributed by atoms with Crippen LogP contribution in [0.2, 0.25) is 0 Å². The monoisotopic (exact) mass is 364 g/mol. The zero-order valence-electron chi connectivity index (χ0n) is 15.2. The van der Waals surface area contributed by atoms with E-state index in [4.69, 9.17) is 4.42 Å². The lowest BCUT2D eigenvalue weighted by Gasteiger charge is -2.26. The molecule has 2 aromatic rings. The number of hydrogen-bond acceptors (Lipinski definition) is 4. The van der Waals surface area contributed by atoms with Crippen LogP contribution in [-0.4, -0.2) is 31.5 Å². The Balaban J connectivity index is 2.31. The highest BCUT2D eigenvalue weighted by atomic mass is 32.2. The molecule has 0 radical (unpaired) electrons. The fourth-order valence-corrected chi connectivity index (χ4v) is 3.08. The predicted octanol–water partition coefficient (Wildman–Crippen LogP) is 3.32. The van der Waals surface area contributed by atoms with Crippen molar-refractivity contribution >= 4 is 21.6 Å². The van der Waals surface area contributed by atoms with Crippen LogP contribution >= 0.6 is 0 Å². The van der Waals surface area contributed by atoms with E-state index in [0.717, 1.165) is 17.6 Å². The molecule has 1 amide bonds. The van der Waals surface area contributed by atoms with Gasteiger partial charge in [0.2, 0.25) is 10.0 Å². The van der Waals surface area contributed by atoms with Gasteiger partial charge < -0.3 is 9.32 Å². The molecule has 1 N–H and O–H groups in total. The van der Waals surface area contributed by atoms with Crippen LogP contribution in [0.1, 0.15) is 41.3 Å². The van der Waals surface area contributed by atoms with Crippen LogP contribution in [0, 0.1) is 13.8 Å². The number of rotatable bonds is 6. The number of nitrogens with one attached hydrogen (secondary N) is 1.